The Morgan fingerprint density at radius 2 is 1.95 bits per heavy atom. The Hall–Kier alpha value is -2.00. The molecule has 1 atom stereocenters. The third kappa shape index (κ3) is 3.52. The lowest BCUT2D eigenvalue weighted by atomic mass is 10.0. The van der Waals surface area contributed by atoms with Gasteiger partial charge in [0.05, 0.1) is 10.6 Å². The van der Waals surface area contributed by atoms with Gasteiger partial charge in [-0.2, -0.15) is 0 Å². The van der Waals surface area contributed by atoms with E-state index >= 15 is 0 Å². The van der Waals surface area contributed by atoms with E-state index in [0.29, 0.717) is 16.5 Å². The molecule has 3 nitrogen and oxygen atoms in total. The molecular weight excluding hydrogens is 272 g/mol. The first kappa shape index (κ1) is 14.4. The van der Waals surface area contributed by atoms with Crippen molar-refractivity contribution in [1.82, 2.24) is 0 Å². The SMILES string of the molecule is CC(CNc1ccc(Cl)c(C(N)=O)c1)c1ccccc1. The summed E-state index contributed by atoms with van der Waals surface area (Å²) in [7, 11) is 0. The maximum atomic E-state index is 11.2. The van der Waals surface area contributed by atoms with Crippen LogP contribution in [0.4, 0.5) is 5.69 Å². The Bertz CT molecular complexity index is 599. The first-order chi connectivity index (χ1) is 9.58. The van der Waals surface area contributed by atoms with Crippen LogP contribution in [0.2, 0.25) is 5.02 Å². The largest absolute Gasteiger partial charge is 0.384 e. The summed E-state index contributed by atoms with van der Waals surface area (Å²) >= 11 is 5.92. The molecule has 1 amide bonds. The summed E-state index contributed by atoms with van der Waals surface area (Å²) in [6.45, 7) is 2.91. The molecule has 0 fully saturated rings. The van der Waals surface area contributed by atoms with Gasteiger partial charge >= 0.3 is 0 Å². The maximum absolute atomic E-state index is 11.2. The van der Waals surface area contributed by atoms with Gasteiger partial charge in [-0.3, -0.25) is 4.79 Å². The van der Waals surface area contributed by atoms with Gasteiger partial charge in [0.25, 0.3) is 0 Å². The van der Waals surface area contributed by atoms with Gasteiger partial charge in [-0.25, -0.2) is 0 Å². The third-order valence-electron chi connectivity index (χ3n) is 3.21. The smallest absolute Gasteiger partial charge is 0.250 e. The summed E-state index contributed by atoms with van der Waals surface area (Å²) in [5.41, 5.74) is 7.72. The Morgan fingerprint density at radius 3 is 2.60 bits per heavy atom. The van der Waals surface area contributed by atoms with Crippen LogP contribution in [0.15, 0.2) is 48.5 Å². The quantitative estimate of drug-likeness (QED) is 0.882. The zero-order valence-corrected chi connectivity index (χ0v) is 12.0. The molecule has 0 aliphatic rings. The molecule has 104 valence electrons. The maximum Gasteiger partial charge on any atom is 0.250 e. The molecule has 2 aromatic rings. The van der Waals surface area contributed by atoms with Crippen molar-refractivity contribution in [3.05, 3.63) is 64.7 Å². The second kappa shape index (κ2) is 6.44. The van der Waals surface area contributed by atoms with E-state index in [1.807, 2.05) is 24.3 Å². The highest BCUT2D eigenvalue weighted by molar-refractivity contribution is 6.33. The second-order valence-corrected chi connectivity index (χ2v) is 5.16. The molecule has 0 bridgehead atoms. The number of anilines is 1. The van der Waals surface area contributed by atoms with Gasteiger partial charge in [-0.15, -0.1) is 0 Å². The lowest BCUT2D eigenvalue weighted by Crippen LogP contribution is -2.13. The molecule has 20 heavy (non-hydrogen) atoms. The predicted molar refractivity (Wildman–Crippen MR) is 83.3 cm³/mol. The molecule has 3 N–H and O–H groups in total. The van der Waals surface area contributed by atoms with Crippen LogP contribution < -0.4 is 11.1 Å². The molecule has 2 rings (SSSR count). The fourth-order valence-corrected chi connectivity index (χ4v) is 2.21. The topological polar surface area (TPSA) is 55.1 Å². The first-order valence-corrected chi connectivity index (χ1v) is 6.84. The van der Waals surface area contributed by atoms with E-state index in [4.69, 9.17) is 17.3 Å². The number of hydrogen-bond acceptors (Lipinski definition) is 2. The Morgan fingerprint density at radius 1 is 1.25 bits per heavy atom. The molecule has 0 radical (unpaired) electrons. The van der Waals surface area contributed by atoms with Crippen LogP contribution in [0.5, 0.6) is 0 Å². The van der Waals surface area contributed by atoms with Gasteiger partial charge in [0.15, 0.2) is 0 Å². The standard InChI is InChI=1S/C16H17ClN2O/c1-11(12-5-3-2-4-6-12)10-19-13-7-8-15(17)14(9-13)16(18)20/h2-9,11,19H,10H2,1H3,(H2,18,20). The summed E-state index contributed by atoms with van der Waals surface area (Å²) in [4.78, 5) is 11.2. The molecule has 0 aliphatic heterocycles. The van der Waals surface area contributed by atoms with Crippen molar-refractivity contribution in [1.29, 1.82) is 0 Å². The number of carbonyl (C=O) groups is 1. The number of rotatable bonds is 5. The van der Waals surface area contributed by atoms with Crippen molar-refractivity contribution in [2.24, 2.45) is 5.73 Å². The fourth-order valence-electron chi connectivity index (χ4n) is 1.99. The number of halogens is 1. The Labute approximate surface area is 123 Å². The van der Waals surface area contributed by atoms with Gasteiger partial charge in [-0.05, 0) is 29.7 Å². The van der Waals surface area contributed by atoms with E-state index in [-0.39, 0.29) is 0 Å². The lowest BCUT2D eigenvalue weighted by Gasteiger charge is -2.14. The summed E-state index contributed by atoms with van der Waals surface area (Å²) < 4.78 is 0. The van der Waals surface area contributed by atoms with Crippen molar-refractivity contribution in [2.45, 2.75) is 12.8 Å². The van der Waals surface area contributed by atoms with Crippen molar-refractivity contribution in [3.63, 3.8) is 0 Å². The van der Waals surface area contributed by atoms with Gasteiger partial charge < -0.3 is 11.1 Å². The molecule has 0 aromatic heterocycles. The van der Waals surface area contributed by atoms with Crippen LogP contribution >= 0.6 is 11.6 Å². The molecule has 0 saturated carbocycles. The summed E-state index contributed by atoms with van der Waals surface area (Å²) in [6, 6.07) is 15.5. The van der Waals surface area contributed by atoms with Gasteiger partial charge in [0.2, 0.25) is 5.91 Å². The first-order valence-electron chi connectivity index (χ1n) is 6.46. The van der Waals surface area contributed by atoms with E-state index in [1.54, 1.807) is 12.1 Å². The van der Waals surface area contributed by atoms with Crippen molar-refractivity contribution in [3.8, 4) is 0 Å². The molecule has 0 aliphatic carbocycles. The third-order valence-corrected chi connectivity index (χ3v) is 3.54. The predicted octanol–water partition coefficient (Wildman–Crippen LogP) is 3.65. The fraction of sp³-hybridized carbons (Fsp3) is 0.188. The van der Waals surface area contributed by atoms with E-state index in [0.717, 1.165) is 12.2 Å². The molecule has 0 saturated heterocycles. The van der Waals surface area contributed by atoms with Crippen LogP contribution in [0.1, 0.15) is 28.8 Å². The van der Waals surface area contributed by atoms with E-state index in [1.165, 1.54) is 5.56 Å². The van der Waals surface area contributed by atoms with Crippen molar-refractivity contribution in [2.75, 3.05) is 11.9 Å². The minimum Gasteiger partial charge on any atom is -0.384 e. The number of nitrogens with one attached hydrogen (secondary N) is 1. The van der Waals surface area contributed by atoms with Crippen molar-refractivity contribution < 1.29 is 4.79 Å². The molecule has 0 heterocycles. The van der Waals surface area contributed by atoms with Gasteiger partial charge in [0.1, 0.15) is 0 Å². The number of benzene rings is 2. The highest BCUT2D eigenvalue weighted by Gasteiger charge is 2.09. The summed E-state index contributed by atoms with van der Waals surface area (Å²) in [5.74, 6) is -0.154. The lowest BCUT2D eigenvalue weighted by molar-refractivity contribution is 0.100. The van der Waals surface area contributed by atoms with Crippen LogP contribution in [0.25, 0.3) is 0 Å². The van der Waals surface area contributed by atoms with Crippen LogP contribution in [0, 0.1) is 0 Å². The second-order valence-electron chi connectivity index (χ2n) is 4.75. The van der Waals surface area contributed by atoms with Crippen LogP contribution in [-0.4, -0.2) is 12.5 Å². The molecule has 4 heteroatoms. The van der Waals surface area contributed by atoms with Gasteiger partial charge in [0, 0.05) is 12.2 Å². The summed E-state index contributed by atoms with van der Waals surface area (Å²) in [5, 5.41) is 3.67. The average Bonchev–Trinajstić information content (AvgIpc) is 2.46. The van der Waals surface area contributed by atoms with Crippen molar-refractivity contribution >= 4 is 23.2 Å². The van der Waals surface area contributed by atoms with E-state index < -0.39 is 5.91 Å². The molecular formula is C16H17ClN2O. The van der Waals surface area contributed by atoms with E-state index in [9.17, 15) is 4.79 Å². The normalized spacial score (nSPS) is 11.9. The van der Waals surface area contributed by atoms with Crippen LogP contribution in [0.3, 0.4) is 0 Å². The number of hydrogen-bond donors (Lipinski definition) is 2. The number of nitrogens with two attached hydrogens (primary N) is 1. The minimum absolute atomic E-state index is 0.337. The van der Waals surface area contributed by atoms with Crippen LogP contribution in [-0.2, 0) is 0 Å². The highest BCUT2D eigenvalue weighted by Crippen LogP contribution is 2.21. The zero-order valence-electron chi connectivity index (χ0n) is 11.3. The number of primary amides is 1. The number of amides is 1. The summed E-state index contributed by atoms with van der Waals surface area (Å²) in [6.07, 6.45) is 0. The monoisotopic (exact) mass is 288 g/mol. The zero-order chi connectivity index (χ0) is 14.5. The highest BCUT2D eigenvalue weighted by atomic mass is 35.5. The molecule has 2 aromatic carbocycles. The Balaban J connectivity index is 2.04. The Kier molecular flexibility index (Phi) is 4.64. The van der Waals surface area contributed by atoms with Gasteiger partial charge in [-0.1, -0.05) is 48.9 Å². The number of carbonyl (C=O) groups excluding carboxylic acids is 1. The van der Waals surface area contributed by atoms with E-state index in [2.05, 4.69) is 24.4 Å². The molecule has 1 unspecified atom stereocenters. The average molecular weight is 289 g/mol. The molecule has 0 spiro atoms. The minimum atomic E-state index is -0.519.